The molecular formula is C19H26N4O2. The van der Waals surface area contributed by atoms with E-state index in [1.165, 1.54) is 0 Å². The number of amides is 2. The molecule has 25 heavy (non-hydrogen) atoms. The summed E-state index contributed by atoms with van der Waals surface area (Å²) in [4.78, 5) is 14.5. The number of aryl methyl sites for hydroxylation is 2. The molecule has 0 radical (unpaired) electrons. The maximum absolute atomic E-state index is 12.6. The van der Waals surface area contributed by atoms with Crippen LogP contribution in [0.3, 0.4) is 0 Å². The highest BCUT2D eigenvalue weighted by atomic mass is 16.5. The third-order valence-corrected chi connectivity index (χ3v) is 4.48. The minimum atomic E-state index is -0.0665. The van der Waals surface area contributed by atoms with Crippen molar-refractivity contribution in [2.75, 3.05) is 13.2 Å². The van der Waals surface area contributed by atoms with E-state index in [0.29, 0.717) is 6.61 Å². The van der Waals surface area contributed by atoms with Gasteiger partial charge in [-0.2, -0.15) is 5.10 Å². The number of carbonyl (C=O) groups is 1. The van der Waals surface area contributed by atoms with Gasteiger partial charge in [0, 0.05) is 25.4 Å². The molecule has 0 unspecified atom stereocenters. The molecule has 3 rings (SSSR count). The number of nitrogens with zero attached hydrogens (tertiary/aromatic N) is 3. The standard InChI is InChI=1S/C19H26N4O2/c1-14-6-4-7-17(10-14)25-13-15(2)21-19(24)23-9-5-8-18(23)16-11-20-22(3)12-16/h4,6-7,10-12,15,18H,5,8-9,13H2,1-3H3,(H,21,24)/t15-,18+/m1/s1. The fourth-order valence-electron chi connectivity index (χ4n) is 3.23. The first-order valence-corrected chi connectivity index (χ1v) is 8.78. The summed E-state index contributed by atoms with van der Waals surface area (Å²) in [6, 6.07) is 7.93. The van der Waals surface area contributed by atoms with Crippen LogP contribution in [-0.2, 0) is 7.05 Å². The first-order valence-electron chi connectivity index (χ1n) is 8.78. The number of hydrogen-bond donors (Lipinski definition) is 1. The van der Waals surface area contributed by atoms with E-state index in [9.17, 15) is 4.79 Å². The summed E-state index contributed by atoms with van der Waals surface area (Å²) in [5.74, 6) is 0.829. The van der Waals surface area contributed by atoms with Crippen molar-refractivity contribution in [2.24, 2.45) is 7.05 Å². The monoisotopic (exact) mass is 342 g/mol. The fraction of sp³-hybridized carbons (Fsp3) is 0.474. The Morgan fingerprint density at radius 1 is 1.48 bits per heavy atom. The van der Waals surface area contributed by atoms with Crippen LogP contribution in [0.25, 0.3) is 0 Å². The largest absolute Gasteiger partial charge is 0.491 e. The highest BCUT2D eigenvalue weighted by molar-refractivity contribution is 5.75. The third kappa shape index (κ3) is 4.32. The summed E-state index contributed by atoms with van der Waals surface area (Å²) in [7, 11) is 1.90. The number of hydrogen-bond acceptors (Lipinski definition) is 3. The van der Waals surface area contributed by atoms with Gasteiger partial charge in [0.2, 0.25) is 0 Å². The molecule has 0 saturated carbocycles. The van der Waals surface area contributed by atoms with E-state index in [2.05, 4.69) is 10.4 Å². The van der Waals surface area contributed by atoms with Crippen molar-refractivity contribution in [3.05, 3.63) is 47.8 Å². The lowest BCUT2D eigenvalue weighted by atomic mass is 10.1. The molecule has 0 aliphatic carbocycles. The van der Waals surface area contributed by atoms with Gasteiger partial charge in [0.15, 0.2) is 0 Å². The number of nitrogens with one attached hydrogen (secondary N) is 1. The van der Waals surface area contributed by atoms with E-state index in [1.54, 1.807) is 4.68 Å². The zero-order chi connectivity index (χ0) is 17.8. The topological polar surface area (TPSA) is 59.4 Å². The third-order valence-electron chi connectivity index (χ3n) is 4.48. The lowest BCUT2D eigenvalue weighted by molar-refractivity contribution is 0.183. The summed E-state index contributed by atoms with van der Waals surface area (Å²) in [5, 5.41) is 7.27. The predicted molar refractivity (Wildman–Crippen MR) is 96.6 cm³/mol. The second-order valence-corrected chi connectivity index (χ2v) is 6.78. The van der Waals surface area contributed by atoms with E-state index >= 15 is 0 Å². The smallest absolute Gasteiger partial charge is 0.318 e. The lowest BCUT2D eigenvalue weighted by Crippen LogP contribution is -2.45. The molecule has 1 aliphatic heterocycles. The maximum Gasteiger partial charge on any atom is 0.318 e. The Kier molecular flexibility index (Phi) is 5.26. The molecule has 1 aliphatic rings. The minimum Gasteiger partial charge on any atom is -0.491 e. The SMILES string of the molecule is Cc1cccc(OC[C@@H](C)NC(=O)N2CCC[C@H]2c2cnn(C)c2)c1. The van der Waals surface area contributed by atoms with E-state index in [4.69, 9.17) is 4.74 Å². The molecule has 134 valence electrons. The van der Waals surface area contributed by atoms with Gasteiger partial charge in [-0.25, -0.2) is 4.79 Å². The molecule has 0 spiro atoms. The molecular weight excluding hydrogens is 316 g/mol. The van der Waals surface area contributed by atoms with Crippen LogP contribution >= 0.6 is 0 Å². The molecule has 6 heteroatoms. The molecule has 6 nitrogen and oxygen atoms in total. The second kappa shape index (κ2) is 7.59. The lowest BCUT2D eigenvalue weighted by Gasteiger charge is -2.26. The van der Waals surface area contributed by atoms with Crippen molar-refractivity contribution in [3.8, 4) is 5.75 Å². The van der Waals surface area contributed by atoms with Crippen molar-refractivity contribution >= 4 is 6.03 Å². The summed E-state index contributed by atoms with van der Waals surface area (Å²) < 4.78 is 7.56. The number of likely N-dealkylation sites (tertiary alicyclic amines) is 1. The maximum atomic E-state index is 12.6. The van der Waals surface area contributed by atoms with Gasteiger partial charge in [0.1, 0.15) is 12.4 Å². The Hall–Kier alpha value is -2.50. The average Bonchev–Trinajstić information content (AvgIpc) is 3.21. The molecule has 1 saturated heterocycles. The summed E-state index contributed by atoms with van der Waals surface area (Å²) in [6.07, 6.45) is 5.83. The van der Waals surface area contributed by atoms with Gasteiger partial charge in [-0.15, -0.1) is 0 Å². The average molecular weight is 342 g/mol. The van der Waals surface area contributed by atoms with Crippen LogP contribution in [-0.4, -0.2) is 39.9 Å². The molecule has 2 atom stereocenters. The molecule has 2 amide bonds. The van der Waals surface area contributed by atoms with Crippen LogP contribution in [0, 0.1) is 6.92 Å². The summed E-state index contributed by atoms with van der Waals surface area (Å²) >= 11 is 0. The van der Waals surface area contributed by atoms with Crippen molar-refractivity contribution in [1.82, 2.24) is 20.0 Å². The normalized spacial score (nSPS) is 18.2. The predicted octanol–water partition coefficient (Wildman–Crippen LogP) is 3.04. The van der Waals surface area contributed by atoms with Crippen LogP contribution < -0.4 is 10.1 Å². The van der Waals surface area contributed by atoms with Gasteiger partial charge in [0.25, 0.3) is 0 Å². The van der Waals surface area contributed by atoms with E-state index in [1.807, 2.05) is 62.5 Å². The Balaban J connectivity index is 1.54. The van der Waals surface area contributed by atoms with Crippen LogP contribution in [0.2, 0.25) is 0 Å². The van der Waals surface area contributed by atoms with Crippen molar-refractivity contribution < 1.29 is 9.53 Å². The minimum absolute atomic E-state index is 0.0355. The van der Waals surface area contributed by atoms with Gasteiger partial charge in [-0.3, -0.25) is 4.68 Å². The number of benzene rings is 1. The molecule has 1 aromatic carbocycles. The Bertz CT molecular complexity index is 728. The first kappa shape index (κ1) is 17.3. The molecule has 1 aromatic heterocycles. The van der Waals surface area contributed by atoms with Gasteiger partial charge in [-0.05, 0) is 44.4 Å². The van der Waals surface area contributed by atoms with E-state index in [-0.39, 0.29) is 18.1 Å². The van der Waals surface area contributed by atoms with Crippen LogP contribution in [0.4, 0.5) is 4.79 Å². The Morgan fingerprint density at radius 3 is 3.04 bits per heavy atom. The molecule has 1 fully saturated rings. The summed E-state index contributed by atoms with van der Waals surface area (Å²) in [5.41, 5.74) is 2.25. The van der Waals surface area contributed by atoms with E-state index in [0.717, 1.165) is 36.3 Å². The zero-order valence-electron chi connectivity index (χ0n) is 15.1. The van der Waals surface area contributed by atoms with Crippen LogP contribution in [0.5, 0.6) is 5.75 Å². The van der Waals surface area contributed by atoms with Gasteiger partial charge >= 0.3 is 6.03 Å². The zero-order valence-corrected chi connectivity index (χ0v) is 15.1. The quantitative estimate of drug-likeness (QED) is 0.908. The van der Waals surface area contributed by atoms with Crippen molar-refractivity contribution in [3.63, 3.8) is 0 Å². The van der Waals surface area contributed by atoms with Gasteiger partial charge < -0.3 is 15.0 Å². The van der Waals surface area contributed by atoms with Gasteiger partial charge in [-0.1, -0.05) is 12.1 Å². The van der Waals surface area contributed by atoms with Crippen molar-refractivity contribution in [1.29, 1.82) is 0 Å². The highest BCUT2D eigenvalue weighted by Crippen LogP contribution is 2.31. The number of carbonyl (C=O) groups excluding carboxylic acids is 1. The molecule has 0 bridgehead atoms. The number of urea groups is 1. The molecule has 2 heterocycles. The Morgan fingerprint density at radius 2 is 2.32 bits per heavy atom. The van der Waals surface area contributed by atoms with Crippen LogP contribution in [0.15, 0.2) is 36.7 Å². The van der Waals surface area contributed by atoms with Crippen molar-refractivity contribution in [2.45, 2.75) is 38.8 Å². The molecule has 2 aromatic rings. The van der Waals surface area contributed by atoms with Gasteiger partial charge in [0.05, 0.1) is 18.3 Å². The fourth-order valence-corrected chi connectivity index (χ4v) is 3.23. The molecule has 1 N–H and O–H groups in total. The second-order valence-electron chi connectivity index (χ2n) is 6.78. The van der Waals surface area contributed by atoms with E-state index < -0.39 is 0 Å². The number of ether oxygens (including phenoxy) is 1. The highest BCUT2D eigenvalue weighted by Gasteiger charge is 2.31. The Labute approximate surface area is 148 Å². The first-order chi connectivity index (χ1) is 12.0. The number of rotatable bonds is 5. The van der Waals surface area contributed by atoms with Crippen LogP contribution in [0.1, 0.15) is 36.9 Å². The summed E-state index contributed by atoms with van der Waals surface area (Å²) in [6.45, 7) is 5.21. The number of aromatic nitrogens is 2.